The summed E-state index contributed by atoms with van der Waals surface area (Å²) in [5.41, 5.74) is 2.29. The van der Waals surface area contributed by atoms with Crippen LogP contribution in [0.5, 0.6) is 0 Å². The average Bonchev–Trinajstić information content (AvgIpc) is 2.66. The van der Waals surface area contributed by atoms with Crippen molar-refractivity contribution in [3.8, 4) is 0 Å². The van der Waals surface area contributed by atoms with Gasteiger partial charge in [-0.05, 0) is 36.5 Å². The molecule has 1 aromatic carbocycles. The summed E-state index contributed by atoms with van der Waals surface area (Å²) < 4.78 is 5.98. The largest absolute Gasteiger partial charge is 0.372 e. The van der Waals surface area contributed by atoms with Crippen molar-refractivity contribution >= 4 is 5.91 Å². The van der Waals surface area contributed by atoms with E-state index in [0.29, 0.717) is 19.6 Å². The molecule has 3 rings (SSSR count). The Bertz CT molecular complexity index is 631. The van der Waals surface area contributed by atoms with Crippen molar-refractivity contribution in [1.82, 2.24) is 9.88 Å². The van der Waals surface area contributed by atoms with E-state index in [1.54, 1.807) is 6.20 Å². The zero-order chi connectivity index (χ0) is 16.6. The van der Waals surface area contributed by atoms with Gasteiger partial charge in [-0.15, -0.1) is 0 Å². The number of carbonyl (C=O) groups is 1. The molecule has 1 aliphatic heterocycles. The number of amides is 1. The lowest BCUT2D eigenvalue weighted by atomic mass is 10.1. The zero-order valence-electron chi connectivity index (χ0n) is 13.9. The van der Waals surface area contributed by atoms with Gasteiger partial charge >= 0.3 is 0 Å². The molecule has 0 bridgehead atoms. The molecule has 0 saturated carbocycles. The third-order valence-corrected chi connectivity index (χ3v) is 4.41. The second-order valence-electron chi connectivity index (χ2n) is 6.26. The number of aryl methyl sites for hydroxylation is 1. The SMILES string of the molecule is O=C(CCc1ccccc1)N1CCCC(OCc2cccnc2)C1. The van der Waals surface area contributed by atoms with Crippen LogP contribution in [-0.4, -0.2) is 35.0 Å². The number of carbonyl (C=O) groups excluding carboxylic acids is 1. The fourth-order valence-corrected chi connectivity index (χ4v) is 3.05. The minimum Gasteiger partial charge on any atom is -0.372 e. The molecule has 2 aromatic rings. The van der Waals surface area contributed by atoms with Gasteiger partial charge in [-0.1, -0.05) is 36.4 Å². The summed E-state index contributed by atoms with van der Waals surface area (Å²) in [6, 6.07) is 14.1. The number of pyridine rings is 1. The van der Waals surface area contributed by atoms with E-state index in [0.717, 1.165) is 31.4 Å². The van der Waals surface area contributed by atoms with Gasteiger partial charge in [0.05, 0.1) is 12.7 Å². The van der Waals surface area contributed by atoms with E-state index in [2.05, 4.69) is 17.1 Å². The van der Waals surface area contributed by atoms with E-state index in [-0.39, 0.29) is 12.0 Å². The molecule has 1 aliphatic rings. The van der Waals surface area contributed by atoms with E-state index >= 15 is 0 Å². The summed E-state index contributed by atoms with van der Waals surface area (Å²) in [6.07, 6.45) is 7.11. The van der Waals surface area contributed by atoms with Crippen LogP contribution in [0.2, 0.25) is 0 Å². The van der Waals surface area contributed by atoms with Gasteiger partial charge in [0, 0.05) is 31.9 Å². The average molecular weight is 324 g/mol. The summed E-state index contributed by atoms with van der Waals surface area (Å²) in [4.78, 5) is 18.5. The summed E-state index contributed by atoms with van der Waals surface area (Å²) in [5.74, 6) is 0.230. The predicted octanol–water partition coefficient (Wildman–Crippen LogP) is 3.22. The molecule has 2 heterocycles. The molecule has 0 radical (unpaired) electrons. The monoisotopic (exact) mass is 324 g/mol. The summed E-state index contributed by atoms with van der Waals surface area (Å²) >= 11 is 0. The number of piperidine rings is 1. The minimum atomic E-state index is 0.125. The van der Waals surface area contributed by atoms with Crippen LogP contribution in [0.1, 0.15) is 30.4 Å². The van der Waals surface area contributed by atoms with Crippen molar-refractivity contribution in [2.24, 2.45) is 0 Å². The third kappa shape index (κ3) is 4.90. The zero-order valence-corrected chi connectivity index (χ0v) is 13.9. The Morgan fingerprint density at radius 2 is 2.00 bits per heavy atom. The van der Waals surface area contributed by atoms with E-state index in [4.69, 9.17) is 4.74 Å². The van der Waals surface area contributed by atoms with E-state index < -0.39 is 0 Å². The lowest BCUT2D eigenvalue weighted by Crippen LogP contribution is -2.43. The van der Waals surface area contributed by atoms with E-state index in [1.807, 2.05) is 41.4 Å². The first-order valence-corrected chi connectivity index (χ1v) is 8.63. The summed E-state index contributed by atoms with van der Waals surface area (Å²) in [7, 11) is 0. The Morgan fingerprint density at radius 3 is 2.79 bits per heavy atom. The number of aromatic nitrogens is 1. The minimum absolute atomic E-state index is 0.125. The molecule has 1 atom stereocenters. The Morgan fingerprint density at radius 1 is 1.17 bits per heavy atom. The molecule has 1 saturated heterocycles. The first kappa shape index (κ1) is 16.7. The molecule has 1 fully saturated rings. The molecular formula is C20H24N2O2. The van der Waals surface area contributed by atoms with Crippen LogP contribution in [-0.2, 0) is 22.6 Å². The fourth-order valence-electron chi connectivity index (χ4n) is 3.05. The molecule has 24 heavy (non-hydrogen) atoms. The van der Waals surface area contributed by atoms with Crippen molar-refractivity contribution < 1.29 is 9.53 Å². The molecule has 1 amide bonds. The van der Waals surface area contributed by atoms with Gasteiger partial charge in [0.2, 0.25) is 5.91 Å². The van der Waals surface area contributed by atoms with Crippen LogP contribution < -0.4 is 0 Å². The van der Waals surface area contributed by atoms with Crippen LogP contribution in [0, 0.1) is 0 Å². The highest BCUT2D eigenvalue weighted by atomic mass is 16.5. The summed E-state index contributed by atoms with van der Waals surface area (Å²) in [5, 5.41) is 0. The van der Waals surface area contributed by atoms with Gasteiger partial charge in [-0.2, -0.15) is 0 Å². The smallest absolute Gasteiger partial charge is 0.222 e. The van der Waals surface area contributed by atoms with E-state index in [9.17, 15) is 4.79 Å². The van der Waals surface area contributed by atoms with Crippen molar-refractivity contribution in [2.45, 2.75) is 38.4 Å². The lowest BCUT2D eigenvalue weighted by Gasteiger charge is -2.32. The van der Waals surface area contributed by atoms with Gasteiger partial charge in [-0.25, -0.2) is 0 Å². The quantitative estimate of drug-likeness (QED) is 0.819. The highest BCUT2D eigenvalue weighted by Crippen LogP contribution is 2.16. The number of hydrogen-bond acceptors (Lipinski definition) is 3. The van der Waals surface area contributed by atoms with Crippen LogP contribution >= 0.6 is 0 Å². The molecular weight excluding hydrogens is 300 g/mol. The predicted molar refractivity (Wildman–Crippen MR) is 93.4 cm³/mol. The number of rotatable bonds is 6. The van der Waals surface area contributed by atoms with E-state index in [1.165, 1.54) is 5.56 Å². The number of likely N-dealkylation sites (tertiary alicyclic amines) is 1. The molecule has 0 spiro atoms. The Hall–Kier alpha value is -2.20. The van der Waals surface area contributed by atoms with Crippen molar-refractivity contribution in [2.75, 3.05) is 13.1 Å². The molecule has 126 valence electrons. The lowest BCUT2D eigenvalue weighted by molar-refractivity contribution is -0.135. The molecule has 4 heteroatoms. The van der Waals surface area contributed by atoms with Crippen LogP contribution in [0.3, 0.4) is 0 Å². The Kier molecular flexibility index (Phi) is 5.96. The van der Waals surface area contributed by atoms with Crippen molar-refractivity contribution in [3.05, 3.63) is 66.0 Å². The highest BCUT2D eigenvalue weighted by molar-refractivity contribution is 5.76. The molecule has 0 aliphatic carbocycles. The van der Waals surface area contributed by atoms with Crippen LogP contribution in [0.4, 0.5) is 0 Å². The first-order valence-electron chi connectivity index (χ1n) is 8.63. The standard InChI is InChI=1S/C20H24N2O2/c23-20(11-10-17-6-2-1-3-7-17)22-13-5-9-19(15-22)24-16-18-8-4-12-21-14-18/h1-4,6-8,12,14,19H,5,9-11,13,15-16H2. The normalized spacial score (nSPS) is 17.7. The maximum Gasteiger partial charge on any atom is 0.222 e. The maximum absolute atomic E-state index is 12.5. The third-order valence-electron chi connectivity index (χ3n) is 4.41. The van der Waals surface area contributed by atoms with Gasteiger partial charge in [0.25, 0.3) is 0 Å². The maximum atomic E-state index is 12.5. The Balaban J connectivity index is 1.45. The number of benzene rings is 1. The van der Waals surface area contributed by atoms with Crippen LogP contribution in [0.25, 0.3) is 0 Å². The van der Waals surface area contributed by atoms with Gasteiger partial charge in [0.15, 0.2) is 0 Å². The molecule has 0 N–H and O–H groups in total. The molecule has 1 aromatic heterocycles. The van der Waals surface area contributed by atoms with Gasteiger partial charge in [-0.3, -0.25) is 9.78 Å². The number of hydrogen-bond donors (Lipinski definition) is 0. The molecule has 4 nitrogen and oxygen atoms in total. The second kappa shape index (κ2) is 8.60. The van der Waals surface area contributed by atoms with Crippen molar-refractivity contribution in [1.29, 1.82) is 0 Å². The fraction of sp³-hybridized carbons (Fsp3) is 0.400. The van der Waals surface area contributed by atoms with Gasteiger partial charge < -0.3 is 9.64 Å². The Labute approximate surface area is 143 Å². The molecule has 1 unspecified atom stereocenters. The van der Waals surface area contributed by atoms with Gasteiger partial charge in [0.1, 0.15) is 0 Å². The van der Waals surface area contributed by atoms with Crippen LogP contribution in [0.15, 0.2) is 54.9 Å². The highest BCUT2D eigenvalue weighted by Gasteiger charge is 2.23. The second-order valence-corrected chi connectivity index (χ2v) is 6.26. The first-order chi connectivity index (χ1) is 11.8. The number of ether oxygens (including phenoxy) is 1. The topological polar surface area (TPSA) is 42.4 Å². The van der Waals surface area contributed by atoms with Crippen molar-refractivity contribution in [3.63, 3.8) is 0 Å². The number of nitrogens with zero attached hydrogens (tertiary/aromatic N) is 2. The summed E-state index contributed by atoms with van der Waals surface area (Å²) in [6.45, 7) is 2.11.